The van der Waals surface area contributed by atoms with Crippen LogP contribution in [-0.4, -0.2) is 50.5 Å². The second kappa shape index (κ2) is 12.3. The summed E-state index contributed by atoms with van der Waals surface area (Å²) < 4.78 is 7.94. The predicted octanol–water partition coefficient (Wildman–Crippen LogP) is 5.49. The van der Waals surface area contributed by atoms with E-state index < -0.39 is 0 Å². The average molecular weight is 402 g/mol. The second-order valence-electron chi connectivity index (χ2n) is 7.33. The summed E-state index contributed by atoms with van der Waals surface area (Å²) in [5, 5.41) is 0. The van der Waals surface area contributed by atoms with E-state index in [-0.39, 0.29) is 0 Å². The fourth-order valence-corrected chi connectivity index (χ4v) is 2.91. The maximum absolute atomic E-state index is 5.89. The first-order chi connectivity index (χ1) is 14.5. The molecule has 0 amide bonds. The van der Waals surface area contributed by atoms with E-state index in [4.69, 9.17) is 4.74 Å². The first-order valence-electron chi connectivity index (χ1n) is 10.2. The van der Waals surface area contributed by atoms with Crippen LogP contribution < -0.4 is 0 Å². The van der Waals surface area contributed by atoms with E-state index in [1.54, 1.807) is 0 Å². The standard InChI is InChI=1S/C27H33N2O/c1-6-30-27(19-17-25(21-28(2)3)23-13-9-7-10-14-23)20-18-26(22-29(4)5)24-15-11-8-12-16-24/h7-22H,6H2,1-5H3/q+1. The summed E-state index contributed by atoms with van der Waals surface area (Å²) in [6.45, 7) is 2.61. The Bertz CT molecular complexity index is 929. The van der Waals surface area contributed by atoms with Gasteiger partial charge in [0.15, 0.2) is 6.21 Å². The molecule has 0 aromatic heterocycles. The van der Waals surface area contributed by atoms with Gasteiger partial charge in [0.2, 0.25) is 0 Å². The van der Waals surface area contributed by atoms with Crippen LogP contribution in [0.15, 0.2) is 96.9 Å². The smallest absolute Gasteiger partial charge is 0.170 e. The van der Waals surface area contributed by atoms with Crippen LogP contribution >= 0.6 is 0 Å². The lowest BCUT2D eigenvalue weighted by molar-refractivity contribution is -0.458. The highest BCUT2D eigenvalue weighted by molar-refractivity contribution is 6.07. The van der Waals surface area contributed by atoms with Gasteiger partial charge in [-0.3, -0.25) is 0 Å². The molecule has 3 heteroatoms. The van der Waals surface area contributed by atoms with Crippen molar-refractivity contribution in [2.75, 3.05) is 34.8 Å². The largest absolute Gasteiger partial charge is 0.494 e. The number of allylic oxidation sites excluding steroid dienone is 6. The lowest BCUT2D eigenvalue weighted by atomic mass is 10.1. The molecule has 0 aliphatic heterocycles. The molecule has 0 bridgehead atoms. The van der Waals surface area contributed by atoms with E-state index in [9.17, 15) is 0 Å². The van der Waals surface area contributed by atoms with Crippen molar-refractivity contribution in [2.45, 2.75) is 6.92 Å². The molecule has 0 atom stereocenters. The van der Waals surface area contributed by atoms with Crippen LogP contribution in [0.1, 0.15) is 18.1 Å². The van der Waals surface area contributed by atoms with Crippen molar-refractivity contribution in [1.29, 1.82) is 0 Å². The zero-order valence-corrected chi connectivity index (χ0v) is 18.7. The van der Waals surface area contributed by atoms with E-state index in [1.807, 2.05) is 59.4 Å². The highest BCUT2D eigenvalue weighted by Gasteiger charge is 2.03. The normalized spacial score (nSPS) is 12.8. The Morgan fingerprint density at radius 1 is 0.833 bits per heavy atom. The summed E-state index contributed by atoms with van der Waals surface area (Å²) in [5.74, 6) is 0.818. The van der Waals surface area contributed by atoms with Crippen LogP contribution in [0.2, 0.25) is 0 Å². The molecule has 2 rings (SSSR count). The molecular weight excluding hydrogens is 368 g/mol. The first-order valence-corrected chi connectivity index (χ1v) is 10.2. The number of ether oxygens (including phenoxy) is 1. The minimum atomic E-state index is 0.611. The number of hydrogen-bond donors (Lipinski definition) is 0. The molecule has 0 aliphatic rings. The van der Waals surface area contributed by atoms with Crippen LogP contribution in [0.4, 0.5) is 0 Å². The van der Waals surface area contributed by atoms with Crippen LogP contribution in [0.5, 0.6) is 0 Å². The molecule has 3 nitrogen and oxygen atoms in total. The molecule has 0 heterocycles. The van der Waals surface area contributed by atoms with Gasteiger partial charge in [-0.15, -0.1) is 0 Å². The van der Waals surface area contributed by atoms with E-state index in [0.29, 0.717) is 6.61 Å². The lowest BCUT2D eigenvalue weighted by Crippen LogP contribution is -2.02. The Labute approximate surface area is 181 Å². The average Bonchev–Trinajstić information content (AvgIpc) is 2.74. The predicted molar refractivity (Wildman–Crippen MR) is 130 cm³/mol. The molecule has 156 valence electrons. The monoisotopic (exact) mass is 401 g/mol. The SMILES string of the molecule is CCOC(=C\C=C(/C=[N+](C)C)c1ccccc1)/C=C/C(=C\N(C)C)c1ccccc1. The number of hydrogen-bond acceptors (Lipinski definition) is 2. The van der Waals surface area contributed by atoms with Gasteiger partial charge in [0.1, 0.15) is 19.9 Å². The van der Waals surface area contributed by atoms with Crippen molar-refractivity contribution in [1.82, 2.24) is 4.90 Å². The van der Waals surface area contributed by atoms with Gasteiger partial charge < -0.3 is 9.64 Å². The molecule has 30 heavy (non-hydrogen) atoms. The summed E-state index contributed by atoms with van der Waals surface area (Å²) >= 11 is 0. The van der Waals surface area contributed by atoms with Crippen molar-refractivity contribution in [3.05, 3.63) is 108 Å². The molecule has 0 radical (unpaired) electrons. The summed E-state index contributed by atoms with van der Waals surface area (Å²) in [6, 6.07) is 20.7. The maximum Gasteiger partial charge on any atom is 0.170 e. The highest BCUT2D eigenvalue weighted by Crippen LogP contribution is 2.18. The molecule has 0 spiro atoms. The van der Waals surface area contributed by atoms with Gasteiger partial charge in [0.25, 0.3) is 0 Å². The fourth-order valence-electron chi connectivity index (χ4n) is 2.91. The van der Waals surface area contributed by atoms with Crippen molar-refractivity contribution < 1.29 is 9.31 Å². The van der Waals surface area contributed by atoms with E-state index in [1.165, 1.54) is 11.1 Å². The minimum Gasteiger partial charge on any atom is -0.494 e. The van der Waals surface area contributed by atoms with Crippen LogP contribution in [0.25, 0.3) is 11.1 Å². The van der Waals surface area contributed by atoms with Crippen molar-refractivity contribution in [2.24, 2.45) is 0 Å². The van der Waals surface area contributed by atoms with E-state index >= 15 is 0 Å². The molecule has 2 aromatic carbocycles. The Balaban J connectivity index is 2.40. The van der Waals surface area contributed by atoms with E-state index in [2.05, 4.69) is 82.6 Å². The second-order valence-corrected chi connectivity index (χ2v) is 7.33. The molecule has 0 aliphatic carbocycles. The van der Waals surface area contributed by atoms with Gasteiger partial charge in [-0.1, -0.05) is 60.7 Å². The summed E-state index contributed by atoms with van der Waals surface area (Å²) in [5.41, 5.74) is 4.58. The third-order valence-electron chi connectivity index (χ3n) is 4.17. The third kappa shape index (κ3) is 7.96. The topological polar surface area (TPSA) is 15.5 Å². The maximum atomic E-state index is 5.89. The molecule has 0 N–H and O–H groups in total. The zero-order valence-electron chi connectivity index (χ0n) is 18.7. The van der Waals surface area contributed by atoms with Gasteiger partial charge in [0.05, 0.1) is 6.61 Å². The summed E-state index contributed by atoms with van der Waals surface area (Å²) in [4.78, 5) is 2.05. The van der Waals surface area contributed by atoms with Crippen LogP contribution in [0, 0.1) is 0 Å². The quantitative estimate of drug-likeness (QED) is 0.239. The van der Waals surface area contributed by atoms with Gasteiger partial charge in [0, 0.05) is 25.9 Å². The Morgan fingerprint density at radius 3 is 1.90 bits per heavy atom. The summed E-state index contributed by atoms with van der Waals surface area (Å²) in [7, 11) is 8.12. The van der Waals surface area contributed by atoms with Gasteiger partial charge in [-0.25, -0.2) is 4.58 Å². The molecule has 0 unspecified atom stereocenters. The third-order valence-corrected chi connectivity index (χ3v) is 4.17. The highest BCUT2D eigenvalue weighted by atomic mass is 16.5. The molecular formula is C27H33N2O+. The summed E-state index contributed by atoms with van der Waals surface area (Å²) in [6.07, 6.45) is 12.5. The molecule has 0 saturated heterocycles. The van der Waals surface area contributed by atoms with Crippen LogP contribution in [-0.2, 0) is 4.74 Å². The fraction of sp³-hybridized carbons (Fsp3) is 0.222. The molecule has 0 saturated carbocycles. The minimum absolute atomic E-state index is 0.611. The van der Waals surface area contributed by atoms with Gasteiger partial charge in [-0.05, 0) is 47.9 Å². The van der Waals surface area contributed by atoms with Crippen molar-refractivity contribution in [3.8, 4) is 0 Å². The van der Waals surface area contributed by atoms with E-state index in [0.717, 1.165) is 16.9 Å². The molecule has 0 fully saturated rings. The zero-order chi connectivity index (χ0) is 21.8. The van der Waals surface area contributed by atoms with Gasteiger partial charge >= 0.3 is 0 Å². The first kappa shape index (κ1) is 23.0. The number of benzene rings is 2. The number of rotatable bonds is 9. The Kier molecular flexibility index (Phi) is 9.39. The Morgan fingerprint density at radius 2 is 1.40 bits per heavy atom. The molecule has 2 aromatic rings. The Hall–Kier alpha value is -3.33. The van der Waals surface area contributed by atoms with Crippen molar-refractivity contribution in [3.63, 3.8) is 0 Å². The number of nitrogens with zero attached hydrogens (tertiary/aromatic N) is 2. The van der Waals surface area contributed by atoms with Crippen LogP contribution in [0.3, 0.4) is 0 Å². The van der Waals surface area contributed by atoms with Crippen molar-refractivity contribution >= 4 is 17.4 Å². The lowest BCUT2D eigenvalue weighted by Gasteiger charge is -2.10. The van der Waals surface area contributed by atoms with Gasteiger partial charge in [-0.2, -0.15) is 0 Å².